The molecular formula is C14H21ClN2O4S. The standard InChI is InChI=1S/C14H21ClN2O4S/c1-3-21-10-4-9-16-22(19,20)13-7-5-12(6-8-13)17-14(18)11(2)15/h5-8,11,16H,3-4,9-10H2,1-2H3,(H,17,18). The lowest BCUT2D eigenvalue weighted by molar-refractivity contribution is -0.115. The van der Waals surface area contributed by atoms with Crippen LogP contribution < -0.4 is 10.0 Å². The number of amides is 1. The van der Waals surface area contributed by atoms with E-state index in [1.165, 1.54) is 24.3 Å². The normalized spacial score (nSPS) is 12.9. The van der Waals surface area contributed by atoms with Gasteiger partial charge in [-0.05, 0) is 44.5 Å². The van der Waals surface area contributed by atoms with Crippen molar-refractivity contribution in [3.8, 4) is 0 Å². The number of benzene rings is 1. The summed E-state index contributed by atoms with van der Waals surface area (Å²) in [6, 6.07) is 5.90. The molecule has 1 unspecified atom stereocenters. The molecule has 0 fully saturated rings. The van der Waals surface area contributed by atoms with E-state index < -0.39 is 15.4 Å². The van der Waals surface area contributed by atoms with E-state index in [-0.39, 0.29) is 10.8 Å². The minimum Gasteiger partial charge on any atom is -0.382 e. The number of rotatable bonds is 9. The van der Waals surface area contributed by atoms with Gasteiger partial charge in [0, 0.05) is 25.4 Å². The first kappa shape index (κ1) is 18.9. The molecule has 8 heteroatoms. The smallest absolute Gasteiger partial charge is 0.242 e. The first-order valence-electron chi connectivity index (χ1n) is 6.99. The van der Waals surface area contributed by atoms with E-state index in [0.717, 1.165) is 0 Å². The lowest BCUT2D eigenvalue weighted by Gasteiger charge is -2.09. The van der Waals surface area contributed by atoms with Gasteiger partial charge in [-0.25, -0.2) is 13.1 Å². The predicted molar refractivity (Wildman–Crippen MR) is 86.7 cm³/mol. The molecule has 1 aromatic rings. The predicted octanol–water partition coefficient (Wildman–Crippen LogP) is 1.96. The molecule has 0 aliphatic rings. The van der Waals surface area contributed by atoms with Gasteiger partial charge >= 0.3 is 0 Å². The summed E-state index contributed by atoms with van der Waals surface area (Å²) >= 11 is 5.65. The number of halogens is 1. The Hall–Kier alpha value is -1.15. The molecule has 22 heavy (non-hydrogen) atoms. The van der Waals surface area contributed by atoms with Crippen molar-refractivity contribution < 1.29 is 17.9 Å². The van der Waals surface area contributed by atoms with Gasteiger partial charge in [0.05, 0.1) is 4.90 Å². The summed E-state index contributed by atoms with van der Waals surface area (Å²) in [4.78, 5) is 11.6. The van der Waals surface area contributed by atoms with Gasteiger partial charge in [0.2, 0.25) is 15.9 Å². The van der Waals surface area contributed by atoms with E-state index in [0.29, 0.717) is 31.9 Å². The van der Waals surface area contributed by atoms with Gasteiger partial charge in [0.1, 0.15) is 5.38 Å². The third-order valence-corrected chi connectivity index (χ3v) is 4.43. The van der Waals surface area contributed by atoms with Crippen molar-refractivity contribution in [3.63, 3.8) is 0 Å². The van der Waals surface area contributed by atoms with E-state index in [9.17, 15) is 13.2 Å². The van der Waals surface area contributed by atoms with Crippen molar-refractivity contribution >= 4 is 33.2 Å². The lowest BCUT2D eigenvalue weighted by atomic mass is 10.3. The maximum atomic E-state index is 12.0. The summed E-state index contributed by atoms with van der Waals surface area (Å²) in [5.74, 6) is -0.341. The van der Waals surface area contributed by atoms with Crippen LogP contribution in [0.25, 0.3) is 0 Å². The maximum absolute atomic E-state index is 12.0. The number of alkyl halides is 1. The fourth-order valence-electron chi connectivity index (χ4n) is 1.57. The van der Waals surface area contributed by atoms with Crippen LogP contribution in [-0.2, 0) is 19.6 Å². The molecule has 1 aromatic carbocycles. The van der Waals surface area contributed by atoms with Crippen LogP contribution in [0.1, 0.15) is 20.3 Å². The zero-order valence-corrected chi connectivity index (χ0v) is 14.2. The monoisotopic (exact) mass is 348 g/mol. The molecule has 0 heterocycles. The second kappa shape index (κ2) is 9.09. The number of ether oxygens (including phenoxy) is 1. The summed E-state index contributed by atoms with van der Waals surface area (Å²) in [6.45, 7) is 4.88. The Bertz CT molecular complexity index is 573. The number of carbonyl (C=O) groups is 1. The topological polar surface area (TPSA) is 84.5 Å². The highest BCUT2D eigenvalue weighted by Gasteiger charge is 2.14. The summed E-state index contributed by atoms with van der Waals surface area (Å²) in [7, 11) is -3.55. The second-order valence-electron chi connectivity index (χ2n) is 4.58. The van der Waals surface area contributed by atoms with E-state index in [2.05, 4.69) is 10.0 Å². The molecule has 0 aliphatic heterocycles. The van der Waals surface area contributed by atoms with Gasteiger partial charge in [0.15, 0.2) is 0 Å². The number of hydrogen-bond donors (Lipinski definition) is 2. The number of sulfonamides is 1. The zero-order valence-electron chi connectivity index (χ0n) is 12.6. The molecule has 0 radical (unpaired) electrons. The first-order chi connectivity index (χ1) is 10.4. The second-order valence-corrected chi connectivity index (χ2v) is 7.00. The van der Waals surface area contributed by atoms with Crippen LogP contribution in [-0.4, -0.2) is 39.5 Å². The first-order valence-corrected chi connectivity index (χ1v) is 8.91. The number of anilines is 1. The van der Waals surface area contributed by atoms with Crippen LogP contribution in [0.15, 0.2) is 29.2 Å². The van der Waals surface area contributed by atoms with Crippen molar-refractivity contribution in [1.82, 2.24) is 4.72 Å². The fourth-order valence-corrected chi connectivity index (χ4v) is 2.70. The van der Waals surface area contributed by atoms with Gasteiger partial charge in [-0.2, -0.15) is 0 Å². The Balaban J connectivity index is 2.59. The molecule has 1 atom stereocenters. The van der Waals surface area contributed by atoms with E-state index in [1.54, 1.807) is 6.92 Å². The SMILES string of the molecule is CCOCCCNS(=O)(=O)c1ccc(NC(=O)C(C)Cl)cc1. The molecule has 124 valence electrons. The van der Waals surface area contributed by atoms with E-state index >= 15 is 0 Å². The van der Waals surface area contributed by atoms with E-state index in [1.807, 2.05) is 6.92 Å². The van der Waals surface area contributed by atoms with Gasteiger partial charge in [0.25, 0.3) is 0 Å². The Kier molecular flexibility index (Phi) is 7.81. The molecule has 0 bridgehead atoms. The molecule has 0 aromatic heterocycles. The molecule has 0 aliphatic carbocycles. The summed E-state index contributed by atoms with van der Waals surface area (Å²) in [5, 5.41) is 1.93. The molecule has 0 spiro atoms. The average molecular weight is 349 g/mol. The number of nitrogens with one attached hydrogen (secondary N) is 2. The lowest BCUT2D eigenvalue weighted by Crippen LogP contribution is -2.25. The minimum atomic E-state index is -3.55. The number of hydrogen-bond acceptors (Lipinski definition) is 4. The molecule has 1 rings (SSSR count). The van der Waals surface area contributed by atoms with Crippen molar-refractivity contribution in [2.24, 2.45) is 0 Å². The maximum Gasteiger partial charge on any atom is 0.242 e. The highest BCUT2D eigenvalue weighted by Crippen LogP contribution is 2.14. The van der Waals surface area contributed by atoms with Crippen LogP contribution in [0.4, 0.5) is 5.69 Å². The van der Waals surface area contributed by atoms with Crippen LogP contribution in [0.2, 0.25) is 0 Å². The van der Waals surface area contributed by atoms with Gasteiger partial charge in [-0.1, -0.05) is 0 Å². The summed E-state index contributed by atoms with van der Waals surface area (Å²) < 4.78 is 31.7. The Labute approximate surface area is 136 Å². The number of carbonyl (C=O) groups excluding carboxylic acids is 1. The Morgan fingerprint density at radius 1 is 1.32 bits per heavy atom. The fraction of sp³-hybridized carbons (Fsp3) is 0.500. The molecule has 2 N–H and O–H groups in total. The van der Waals surface area contributed by atoms with Gasteiger partial charge in [-0.15, -0.1) is 11.6 Å². The summed E-state index contributed by atoms with van der Waals surface area (Å²) in [6.07, 6.45) is 0.606. The van der Waals surface area contributed by atoms with Crippen molar-refractivity contribution in [2.45, 2.75) is 30.5 Å². The highest BCUT2D eigenvalue weighted by atomic mass is 35.5. The van der Waals surface area contributed by atoms with Crippen LogP contribution in [0.5, 0.6) is 0 Å². The minimum absolute atomic E-state index is 0.140. The molecule has 0 saturated heterocycles. The van der Waals surface area contributed by atoms with Crippen molar-refractivity contribution in [2.75, 3.05) is 25.1 Å². The van der Waals surface area contributed by atoms with Crippen molar-refractivity contribution in [3.05, 3.63) is 24.3 Å². The largest absolute Gasteiger partial charge is 0.382 e. The van der Waals surface area contributed by atoms with Gasteiger partial charge in [-0.3, -0.25) is 4.79 Å². The van der Waals surface area contributed by atoms with Crippen LogP contribution >= 0.6 is 11.6 Å². The molecule has 6 nitrogen and oxygen atoms in total. The van der Waals surface area contributed by atoms with Crippen LogP contribution in [0, 0.1) is 0 Å². The Morgan fingerprint density at radius 2 is 1.95 bits per heavy atom. The molecule has 1 amide bonds. The van der Waals surface area contributed by atoms with Gasteiger partial charge < -0.3 is 10.1 Å². The van der Waals surface area contributed by atoms with Crippen LogP contribution in [0.3, 0.4) is 0 Å². The summed E-state index contributed by atoms with van der Waals surface area (Å²) in [5.41, 5.74) is 0.493. The third kappa shape index (κ3) is 6.31. The Morgan fingerprint density at radius 3 is 2.50 bits per heavy atom. The van der Waals surface area contributed by atoms with Crippen molar-refractivity contribution in [1.29, 1.82) is 0 Å². The average Bonchev–Trinajstić information content (AvgIpc) is 2.47. The highest BCUT2D eigenvalue weighted by molar-refractivity contribution is 7.89. The molecule has 0 saturated carbocycles. The van der Waals surface area contributed by atoms with E-state index in [4.69, 9.17) is 16.3 Å². The quantitative estimate of drug-likeness (QED) is 0.527. The third-order valence-electron chi connectivity index (χ3n) is 2.76. The zero-order chi connectivity index (χ0) is 16.6. The molecular weight excluding hydrogens is 328 g/mol.